The monoisotopic (exact) mass is 780 g/mol. The Labute approximate surface area is 325 Å². The number of ether oxygens (including phenoxy) is 4. The van der Waals surface area contributed by atoms with Gasteiger partial charge in [-0.25, -0.2) is 27.2 Å². The summed E-state index contributed by atoms with van der Waals surface area (Å²) in [5, 5.41) is 7.17. The van der Waals surface area contributed by atoms with Gasteiger partial charge in [-0.2, -0.15) is 0 Å². The van der Waals surface area contributed by atoms with Crippen molar-refractivity contribution in [1.82, 2.24) is 24.2 Å². The van der Waals surface area contributed by atoms with Gasteiger partial charge in [0.2, 0.25) is 0 Å². The number of rotatable bonds is 15. The number of amides is 1. The third kappa shape index (κ3) is 12.1. The average molecular weight is 781 g/mol. The molecule has 0 radical (unpaired) electrons. The minimum atomic E-state index is -4.03. The van der Waals surface area contributed by atoms with Gasteiger partial charge in [-0.3, -0.25) is 10.1 Å². The second kappa shape index (κ2) is 17.4. The highest BCUT2D eigenvalue weighted by molar-refractivity contribution is 7.90. The second-order valence-corrected chi connectivity index (χ2v) is 18.1. The molecular formula is C40H56N6O8S. The lowest BCUT2D eigenvalue weighted by Crippen LogP contribution is -2.45. The van der Waals surface area contributed by atoms with Crippen LogP contribution < -0.4 is 15.4 Å². The molecule has 55 heavy (non-hydrogen) atoms. The van der Waals surface area contributed by atoms with Crippen LogP contribution in [0.4, 0.5) is 16.3 Å². The lowest BCUT2D eigenvalue weighted by molar-refractivity contribution is -0.160. The number of carbonyl (C=O) groups is 2. The SMILES string of the molecule is COc1ccc(Nc2ncnc3c2c(CCCN(C)C(=O)OC(C)(C)C)cn3S(=O)(=O)c2ccccc2)cc1CNC(COC(C)(C)C)C(=O)OC(C)(C)C. The number of carbonyl (C=O) groups excluding carboxylic acids is 2. The highest BCUT2D eigenvalue weighted by atomic mass is 32.2. The van der Waals surface area contributed by atoms with Gasteiger partial charge in [0, 0.05) is 37.6 Å². The van der Waals surface area contributed by atoms with Gasteiger partial charge in [0.25, 0.3) is 10.0 Å². The van der Waals surface area contributed by atoms with E-state index < -0.39 is 44.9 Å². The predicted molar refractivity (Wildman–Crippen MR) is 212 cm³/mol. The van der Waals surface area contributed by atoms with Crippen molar-refractivity contribution < 1.29 is 37.0 Å². The third-order valence-corrected chi connectivity index (χ3v) is 9.70. The number of hydrogen-bond donors (Lipinski definition) is 2. The van der Waals surface area contributed by atoms with E-state index in [4.69, 9.17) is 18.9 Å². The van der Waals surface area contributed by atoms with Gasteiger partial charge < -0.3 is 29.2 Å². The topological polar surface area (TPSA) is 163 Å². The van der Waals surface area contributed by atoms with Gasteiger partial charge in [0.15, 0.2) is 5.65 Å². The number of anilines is 2. The van der Waals surface area contributed by atoms with Gasteiger partial charge in [-0.05, 0) is 111 Å². The summed E-state index contributed by atoms with van der Waals surface area (Å²) in [6, 6.07) is 12.9. The molecule has 0 aliphatic rings. The summed E-state index contributed by atoms with van der Waals surface area (Å²) in [5.74, 6) is 0.533. The first-order valence-electron chi connectivity index (χ1n) is 18.2. The zero-order chi connectivity index (χ0) is 40.8. The summed E-state index contributed by atoms with van der Waals surface area (Å²) in [6.07, 6.45) is 3.35. The van der Waals surface area contributed by atoms with Crippen molar-refractivity contribution in [1.29, 1.82) is 0 Å². The number of nitrogens with zero attached hydrogens (tertiary/aromatic N) is 4. The molecule has 2 N–H and O–H groups in total. The van der Waals surface area contributed by atoms with Crippen LogP contribution in [0.15, 0.2) is 66.0 Å². The Balaban J connectivity index is 1.68. The molecule has 0 aliphatic heterocycles. The molecule has 0 saturated heterocycles. The highest BCUT2D eigenvalue weighted by Crippen LogP contribution is 2.33. The van der Waals surface area contributed by atoms with Gasteiger partial charge in [-0.1, -0.05) is 18.2 Å². The molecule has 300 valence electrons. The highest BCUT2D eigenvalue weighted by Gasteiger charge is 2.28. The smallest absolute Gasteiger partial charge is 0.410 e. The fraction of sp³-hybridized carbons (Fsp3) is 0.500. The fourth-order valence-electron chi connectivity index (χ4n) is 5.50. The molecule has 14 nitrogen and oxygen atoms in total. The molecular weight excluding hydrogens is 725 g/mol. The Hall–Kier alpha value is -4.73. The van der Waals surface area contributed by atoms with Crippen LogP contribution in [0.2, 0.25) is 0 Å². The number of aromatic nitrogens is 3. The van der Waals surface area contributed by atoms with Gasteiger partial charge in [0.1, 0.15) is 35.1 Å². The van der Waals surface area contributed by atoms with Crippen LogP contribution >= 0.6 is 0 Å². The van der Waals surface area contributed by atoms with E-state index in [9.17, 15) is 18.0 Å². The Bertz CT molecular complexity index is 2050. The molecule has 4 rings (SSSR count). The van der Waals surface area contributed by atoms with Crippen molar-refractivity contribution in [2.24, 2.45) is 0 Å². The molecule has 2 heterocycles. The first kappa shape index (κ1) is 43.0. The van der Waals surface area contributed by atoms with Crippen LogP contribution in [-0.4, -0.2) is 89.5 Å². The van der Waals surface area contributed by atoms with Crippen LogP contribution in [0.1, 0.15) is 79.9 Å². The largest absolute Gasteiger partial charge is 0.496 e. The molecule has 0 saturated carbocycles. The maximum Gasteiger partial charge on any atom is 0.410 e. The fourth-order valence-corrected chi connectivity index (χ4v) is 6.86. The molecule has 0 fully saturated rings. The molecule has 0 bridgehead atoms. The van der Waals surface area contributed by atoms with Crippen molar-refractivity contribution in [2.45, 2.75) is 109 Å². The lowest BCUT2D eigenvalue weighted by atomic mass is 10.1. The number of hydrogen-bond acceptors (Lipinski definition) is 12. The van der Waals surface area contributed by atoms with E-state index in [0.717, 1.165) is 5.56 Å². The number of aryl methyl sites for hydroxylation is 1. The number of methoxy groups -OCH3 is 1. The summed E-state index contributed by atoms with van der Waals surface area (Å²) in [4.78, 5) is 36.4. The van der Waals surface area contributed by atoms with Crippen LogP contribution in [-0.2, 0) is 42.0 Å². The zero-order valence-electron chi connectivity index (χ0n) is 33.8. The first-order chi connectivity index (χ1) is 25.6. The van der Waals surface area contributed by atoms with E-state index in [1.54, 1.807) is 44.6 Å². The summed E-state index contributed by atoms with van der Waals surface area (Å²) in [6.45, 7) is 17.3. The van der Waals surface area contributed by atoms with Crippen molar-refractivity contribution >= 4 is 44.6 Å². The molecule has 1 amide bonds. The maximum absolute atomic E-state index is 14.0. The molecule has 1 atom stereocenters. The summed E-state index contributed by atoms with van der Waals surface area (Å²) in [7, 11) is -0.803. The Kier molecular flexibility index (Phi) is 13.6. The normalized spacial score (nSPS) is 13.0. The minimum absolute atomic E-state index is 0.0941. The van der Waals surface area contributed by atoms with Crippen molar-refractivity contribution in [3.8, 4) is 5.75 Å². The van der Waals surface area contributed by atoms with Crippen molar-refractivity contribution in [2.75, 3.05) is 32.6 Å². The van der Waals surface area contributed by atoms with Gasteiger partial charge >= 0.3 is 12.1 Å². The van der Waals surface area contributed by atoms with Crippen LogP contribution in [0.5, 0.6) is 5.75 Å². The number of nitrogens with one attached hydrogen (secondary N) is 2. The van der Waals surface area contributed by atoms with Crippen LogP contribution in [0, 0.1) is 0 Å². The molecule has 0 aliphatic carbocycles. The predicted octanol–water partition coefficient (Wildman–Crippen LogP) is 6.84. The molecule has 15 heteroatoms. The first-order valence-corrected chi connectivity index (χ1v) is 19.7. The number of benzene rings is 2. The van der Waals surface area contributed by atoms with Gasteiger partial charge in [0.05, 0.1) is 29.6 Å². The number of fused-ring (bicyclic) bond motifs is 1. The summed E-state index contributed by atoms with van der Waals surface area (Å²) >= 11 is 0. The maximum atomic E-state index is 14.0. The molecule has 4 aromatic rings. The van der Waals surface area contributed by atoms with E-state index in [1.165, 1.54) is 27.3 Å². The van der Waals surface area contributed by atoms with E-state index in [1.807, 2.05) is 74.4 Å². The van der Waals surface area contributed by atoms with Crippen LogP contribution in [0.25, 0.3) is 11.0 Å². The lowest BCUT2D eigenvalue weighted by Gasteiger charge is -2.27. The summed E-state index contributed by atoms with van der Waals surface area (Å²) in [5.41, 5.74) is 0.438. The van der Waals surface area contributed by atoms with Gasteiger partial charge in [-0.15, -0.1) is 0 Å². The minimum Gasteiger partial charge on any atom is -0.496 e. The average Bonchev–Trinajstić information content (AvgIpc) is 3.47. The molecule has 1 unspecified atom stereocenters. The zero-order valence-corrected chi connectivity index (χ0v) is 34.7. The summed E-state index contributed by atoms with van der Waals surface area (Å²) < 4.78 is 51.9. The van der Waals surface area contributed by atoms with E-state index in [2.05, 4.69) is 20.6 Å². The van der Waals surface area contributed by atoms with E-state index in [-0.39, 0.29) is 23.7 Å². The Morgan fingerprint density at radius 2 is 1.56 bits per heavy atom. The molecule has 0 spiro atoms. The van der Waals surface area contributed by atoms with Crippen LogP contribution in [0.3, 0.4) is 0 Å². The second-order valence-electron chi connectivity index (χ2n) is 16.2. The molecule has 2 aromatic carbocycles. The van der Waals surface area contributed by atoms with Crippen molar-refractivity contribution in [3.63, 3.8) is 0 Å². The van der Waals surface area contributed by atoms with Crippen molar-refractivity contribution in [3.05, 3.63) is 72.2 Å². The quantitative estimate of drug-likeness (QED) is 0.121. The Morgan fingerprint density at radius 1 is 0.891 bits per heavy atom. The third-order valence-electron chi connectivity index (χ3n) is 8.03. The van der Waals surface area contributed by atoms with E-state index >= 15 is 0 Å². The number of esters is 1. The Morgan fingerprint density at radius 3 is 2.18 bits per heavy atom. The van der Waals surface area contributed by atoms with E-state index in [0.29, 0.717) is 47.6 Å². The standard InChI is InChI=1S/C40H56N6O8S/c1-38(2,3)52-25-31(36(47)53-39(4,5)6)41-23-28-22-29(19-20-32(28)51-11)44-34-33-27(16-15-21-45(10)37(48)54-40(7,8)9)24-46(35(33)43-26-42-34)55(49,50)30-17-13-12-14-18-30/h12-14,17-20,22,24,26,31,41H,15-16,21,23,25H2,1-11H3,(H,42,43,44). The molecule has 2 aromatic heterocycles.